The van der Waals surface area contributed by atoms with Gasteiger partial charge in [-0.25, -0.2) is 0 Å². The van der Waals surface area contributed by atoms with E-state index in [9.17, 15) is 9.59 Å². The van der Waals surface area contributed by atoms with Gasteiger partial charge in [-0.1, -0.05) is 19.0 Å². The van der Waals surface area contributed by atoms with Gasteiger partial charge in [0, 0.05) is 12.6 Å². The first-order valence-corrected chi connectivity index (χ1v) is 9.46. The van der Waals surface area contributed by atoms with E-state index in [1.165, 1.54) is 12.1 Å². The Kier molecular flexibility index (Phi) is 7.37. The van der Waals surface area contributed by atoms with Crippen LogP contribution in [0.3, 0.4) is 0 Å². The van der Waals surface area contributed by atoms with Gasteiger partial charge in [0.15, 0.2) is 0 Å². The van der Waals surface area contributed by atoms with E-state index >= 15 is 0 Å². The zero-order valence-electron chi connectivity index (χ0n) is 16.8. The predicted molar refractivity (Wildman–Crippen MR) is 106 cm³/mol. The lowest BCUT2D eigenvalue weighted by atomic mass is 9.91. The maximum atomic E-state index is 12.7. The number of phenolic OH excluding ortho intramolecular Hbond substituents is 1. The molecule has 2 amide bonds. The second-order valence-corrected chi connectivity index (χ2v) is 7.34. The molecule has 2 unspecified atom stereocenters. The van der Waals surface area contributed by atoms with Crippen molar-refractivity contribution in [3.05, 3.63) is 47.3 Å². The van der Waals surface area contributed by atoms with Crippen molar-refractivity contribution in [1.82, 2.24) is 10.1 Å². The maximum absolute atomic E-state index is 12.7. The number of likely N-dealkylation sites (tertiary alicyclic amines) is 1. The Balaban J connectivity index is 0.000000278. The number of rotatable bonds is 4. The first-order valence-electron chi connectivity index (χ1n) is 9.46. The molecule has 0 radical (unpaired) electrons. The third kappa shape index (κ3) is 5.57. The van der Waals surface area contributed by atoms with Crippen molar-refractivity contribution in [3.8, 4) is 11.8 Å². The summed E-state index contributed by atoms with van der Waals surface area (Å²) < 4.78 is 5.25. The molecule has 29 heavy (non-hydrogen) atoms. The SMILES string of the molecule is Cc1cc(C(C(=O)N2CCCC2C(N)=O)C(C)C)on1.N#Cc1ccc(O)cc1. The Morgan fingerprint density at radius 2 is 2.00 bits per heavy atom. The van der Waals surface area contributed by atoms with Crippen LogP contribution >= 0.6 is 0 Å². The van der Waals surface area contributed by atoms with Crippen molar-refractivity contribution in [1.29, 1.82) is 5.26 Å². The molecule has 0 saturated carbocycles. The number of nitrogens with two attached hydrogens (primary N) is 1. The van der Waals surface area contributed by atoms with Crippen LogP contribution in [0.2, 0.25) is 0 Å². The Morgan fingerprint density at radius 1 is 1.34 bits per heavy atom. The van der Waals surface area contributed by atoms with Gasteiger partial charge in [0.2, 0.25) is 11.8 Å². The van der Waals surface area contributed by atoms with Gasteiger partial charge in [-0.15, -0.1) is 0 Å². The van der Waals surface area contributed by atoms with Crippen molar-refractivity contribution >= 4 is 11.8 Å². The maximum Gasteiger partial charge on any atom is 0.240 e. The zero-order chi connectivity index (χ0) is 21.6. The van der Waals surface area contributed by atoms with E-state index in [-0.39, 0.29) is 17.6 Å². The van der Waals surface area contributed by atoms with E-state index < -0.39 is 17.9 Å². The predicted octanol–water partition coefficient (Wildman–Crippen LogP) is 2.46. The molecular formula is C21H26N4O4. The van der Waals surface area contributed by atoms with Crippen LogP contribution in [0.25, 0.3) is 0 Å². The number of carbonyl (C=O) groups is 2. The molecule has 1 aliphatic rings. The minimum Gasteiger partial charge on any atom is -0.508 e. The summed E-state index contributed by atoms with van der Waals surface area (Å²) in [5.74, 6) is -0.156. The van der Waals surface area contributed by atoms with Crippen LogP contribution in [0.5, 0.6) is 5.75 Å². The molecule has 3 rings (SSSR count). The fraction of sp³-hybridized carbons (Fsp3) is 0.429. The van der Waals surface area contributed by atoms with Crippen molar-refractivity contribution in [2.24, 2.45) is 11.7 Å². The first-order chi connectivity index (χ1) is 13.7. The Bertz CT molecular complexity index is 883. The average molecular weight is 398 g/mol. The molecule has 1 saturated heterocycles. The van der Waals surface area contributed by atoms with E-state index in [1.54, 1.807) is 23.1 Å². The van der Waals surface area contributed by atoms with Crippen LogP contribution in [0, 0.1) is 24.2 Å². The zero-order valence-corrected chi connectivity index (χ0v) is 16.8. The summed E-state index contributed by atoms with van der Waals surface area (Å²) in [5.41, 5.74) is 6.68. The molecule has 1 aromatic heterocycles. The van der Waals surface area contributed by atoms with Gasteiger partial charge in [-0.05, 0) is 49.9 Å². The Morgan fingerprint density at radius 3 is 2.48 bits per heavy atom. The molecule has 0 aliphatic carbocycles. The number of nitrogens with zero attached hydrogens (tertiary/aromatic N) is 3. The van der Waals surface area contributed by atoms with Crippen LogP contribution in [-0.2, 0) is 9.59 Å². The van der Waals surface area contributed by atoms with Crippen molar-refractivity contribution < 1.29 is 19.2 Å². The quantitative estimate of drug-likeness (QED) is 0.812. The second kappa shape index (κ2) is 9.73. The van der Waals surface area contributed by atoms with E-state index in [0.717, 1.165) is 12.1 Å². The number of benzene rings is 1. The largest absolute Gasteiger partial charge is 0.508 e. The number of hydrogen-bond donors (Lipinski definition) is 2. The summed E-state index contributed by atoms with van der Waals surface area (Å²) in [6, 6.07) is 9.32. The minimum atomic E-state index is -0.493. The molecule has 1 aromatic carbocycles. The fourth-order valence-electron chi connectivity index (χ4n) is 3.31. The monoisotopic (exact) mass is 398 g/mol. The number of aromatic hydroxyl groups is 1. The highest BCUT2D eigenvalue weighted by molar-refractivity contribution is 5.90. The summed E-state index contributed by atoms with van der Waals surface area (Å²) in [7, 11) is 0. The summed E-state index contributed by atoms with van der Waals surface area (Å²) >= 11 is 0. The van der Waals surface area contributed by atoms with Gasteiger partial charge in [0.1, 0.15) is 23.5 Å². The van der Waals surface area contributed by atoms with Gasteiger partial charge in [0.25, 0.3) is 0 Å². The lowest BCUT2D eigenvalue weighted by Gasteiger charge is -2.27. The number of phenols is 1. The highest BCUT2D eigenvalue weighted by atomic mass is 16.5. The van der Waals surface area contributed by atoms with Gasteiger partial charge in [-0.2, -0.15) is 5.26 Å². The third-order valence-corrected chi connectivity index (χ3v) is 4.75. The molecule has 1 aliphatic heterocycles. The summed E-state index contributed by atoms with van der Waals surface area (Å²) in [4.78, 5) is 25.8. The summed E-state index contributed by atoms with van der Waals surface area (Å²) in [5, 5.41) is 20.9. The van der Waals surface area contributed by atoms with Gasteiger partial charge < -0.3 is 20.3 Å². The molecule has 2 heterocycles. The fourth-order valence-corrected chi connectivity index (χ4v) is 3.31. The molecule has 1 fully saturated rings. The van der Waals surface area contributed by atoms with Crippen LogP contribution in [0.4, 0.5) is 0 Å². The number of primary amides is 1. The Labute approximate surface area is 169 Å². The minimum absolute atomic E-state index is 0.0592. The number of aromatic nitrogens is 1. The molecular weight excluding hydrogens is 372 g/mol. The molecule has 8 nitrogen and oxygen atoms in total. The van der Waals surface area contributed by atoms with Crippen LogP contribution in [0.15, 0.2) is 34.9 Å². The van der Waals surface area contributed by atoms with E-state index in [2.05, 4.69) is 5.16 Å². The summed E-state index contributed by atoms with van der Waals surface area (Å²) in [6.07, 6.45) is 1.45. The van der Waals surface area contributed by atoms with Crippen LogP contribution in [0.1, 0.15) is 49.6 Å². The normalized spacial score (nSPS) is 16.7. The van der Waals surface area contributed by atoms with Crippen LogP contribution in [-0.4, -0.2) is 39.6 Å². The highest BCUT2D eigenvalue weighted by Crippen LogP contribution is 2.30. The third-order valence-electron chi connectivity index (χ3n) is 4.75. The van der Waals surface area contributed by atoms with Crippen molar-refractivity contribution in [2.45, 2.75) is 45.6 Å². The molecule has 0 spiro atoms. The molecule has 2 aromatic rings. The Hall–Kier alpha value is -3.34. The highest BCUT2D eigenvalue weighted by Gasteiger charge is 2.39. The van der Waals surface area contributed by atoms with Gasteiger partial charge in [0.05, 0.1) is 17.3 Å². The lowest BCUT2D eigenvalue weighted by Crippen LogP contribution is -2.46. The first kappa shape index (κ1) is 22.0. The molecule has 154 valence electrons. The van der Waals surface area contributed by atoms with Crippen molar-refractivity contribution in [2.75, 3.05) is 6.54 Å². The smallest absolute Gasteiger partial charge is 0.240 e. The summed E-state index contributed by atoms with van der Waals surface area (Å²) in [6.45, 7) is 6.30. The van der Waals surface area contributed by atoms with Gasteiger partial charge >= 0.3 is 0 Å². The average Bonchev–Trinajstić information content (AvgIpc) is 3.32. The number of carbonyl (C=O) groups excluding carboxylic acids is 2. The molecule has 8 heteroatoms. The van der Waals surface area contributed by atoms with Crippen LogP contribution < -0.4 is 5.73 Å². The number of aryl methyl sites for hydroxylation is 1. The molecule has 0 bridgehead atoms. The number of amides is 2. The topological polar surface area (TPSA) is 133 Å². The number of nitriles is 1. The van der Waals surface area contributed by atoms with E-state index in [1.807, 2.05) is 26.8 Å². The van der Waals surface area contributed by atoms with Crippen molar-refractivity contribution in [3.63, 3.8) is 0 Å². The lowest BCUT2D eigenvalue weighted by molar-refractivity contribution is -0.139. The van der Waals surface area contributed by atoms with E-state index in [4.69, 9.17) is 20.6 Å². The number of hydrogen-bond acceptors (Lipinski definition) is 6. The van der Waals surface area contributed by atoms with Gasteiger partial charge in [-0.3, -0.25) is 9.59 Å². The van der Waals surface area contributed by atoms with E-state index in [0.29, 0.717) is 24.3 Å². The second-order valence-electron chi connectivity index (χ2n) is 7.34. The molecule has 2 atom stereocenters. The standard InChI is InChI=1S/C14H21N3O3.C7H5NO/c1-8(2)12(11-7-9(3)16-20-11)14(19)17-6-4-5-10(17)13(15)18;8-5-6-1-3-7(9)4-2-6/h7-8,10,12H,4-6H2,1-3H3,(H2,15,18);1-4,9H. The molecule has 3 N–H and O–H groups in total.